The van der Waals surface area contributed by atoms with E-state index in [0.29, 0.717) is 15.0 Å². The van der Waals surface area contributed by atoms with E-state index in [4.69, 9.17) is 0 Å². The quantitative estimate of drug-likeness (QED) is 0.111. The summed E-state index contributed by atoms with van der Waals surface area (Å²) in [5, 5.41) is 21.7. The second kappa shape index (κ2) is 11.3. The maximum Gasteiger partial charge on any atom is 0.518 e. The van der Waals surface area contributed by atoms with Crippen LogP contribution in [0.1, 0.15) is 0 Å². The van der Waals surface area contributed by atoms with Crippen LogP contribution in [0.15, 0.2) is 0 Å². The Bertz CT molecular complexity index is 2460. The van der Waals surface area contributed by atoms with Crippen LogP contribution in [-0.4, -0.2) is 258 Å². The SMILES string of the molecule is O=C1NC2C3N1CNC1NCN3C(=O)N2CN2C(=O)N3CNC(NC(=O)N4C(=O)NC2C34)C2NCN3C(=O)N4CN5C(=O)N6C7C5N(CN5C(=O)N(C3C45)[N+]2=O)C(=O)N7[N+](=O)C1[N+]6=O. The van der Waals surface area contributed by atoms with Crippen molar-refractivity contribution < 1.29 is 57.8 Å². The first kappa shape index (κ1) is 35.8. The van der Waals surface area contributed by atoms with Crippen molar-refractivity contribution in [3.05, 3.63) is 14.7 Å². The minimum Gasteiger partial charge on any atom is -0.314 e. The van der Waals surface area contributed by atoms with Gasteiger partial charge in [0.15, 0.2) is 35.7 Å². The largest absolute Gasteiger partial charge is 0.518 e. The van der Waals surface area contributed by atoms with Gasteiger partial charge in [-0.05, 0) is 15.0 Å². The molecule has 14 fully saturated rings. The summed E-state index contributed by atoms with van der Waals surface area (Å²) >= 11 is 0. The molecule has 12 bridgehead atoms. The molecule has 0 radical (unpaired) electrons. The van der Waals surface area contributed by atoms with Gasteiger partial charge in [-0.1, -0.05) is 0 Å². The number of fused-ring (bicyclic) bond motifs is 12. The molecule has 64 heavy (non-hydrogen) atoms. The number of carbonyl (C=O) groups excluding carboxylic acids is 9. The molecular weight excluding hydrogens is 864 g/mol. The van der Waals surface area contributed by atoms with Crippen LogP contribution < -0.4 is 37.2 Å². The number of imide groups is 1. The lowest BCUT2D eigenvalue weighted by Gasteiger charge is -2.39. The number of hydrogen-bond acceptors (Lipinski definition) is 16. The van der Waals surface area contributed by atoms with E-state index in [9.17, 15) is 57.9 Å². The van der Waals surface area contributed by atoms with Crippen LogP contribution in [0.3, 0.4) is 0 Å². The van der Waals surface area contributed by atoms with Gasteiger partial charge in [0.2, 0.25) is 22.1 Å². The lowest BCUT2D eigenvalue weighted by molar-refractivity contribution is -0.947. The zero-order valence-corrected chi connectivity index (χ0v) is 32.4. The number of nitroso groups, excluding NO2 is 3. The van der Waals surface area contributed by atoms with Crippen molar-refractivity contribution in [2.24, 2.45) is 0 Å². The zero-order chi connectivity index (χ0) is 43.8. The average Bonchev–Trinajstić information content (AvgIpc) is 4.06. The number of urea groups is 9. The molecule has 0 saturated carbocycles. The molecule has 0 aromatic rings. The van der Waals surface area contributed by atoms with E-state index in [1.807, 2.05) is 0 Å². The van der Waals surface area contributed by atoms with Gasteiger partial charge in [-0.2, -0.15) is 0 Å². The van der Waals surface area contributed by atoms with Gasteiger partial charge in [-0.15, -0.1) is 0 Å². The maximum absolute atomic E-state index is 14.7. The summed E-state index contributed by atoms with van der Waals surface area (Å²) in [4.78, 5) is 184. The minimum absolute atomic E-state index is 0.0670. The van der Waals surface area contributed by atoms with E-state index in [1.165, 1.54) is 9.80 Å². The molecule has 14 rings (SSSR count). The number of hydrogen-bond donors (Lipinski definition) is 7. The zero-order valence-electron chi connectivity index (χ0n) is 32.4. The Morgan fingerprint density at radius 3 is 1.45 bits per heavy atom. The first-order valence-corrected chi connectivity index (χ1v) is 20.1. The van der Waals surface area contributed by atoms with E-state index in [1.54, 1.807) is 0 Å². The Kier molecular flexibility index (Phi) is 6.30. The van der Waals surface area contributed by atoms with Gasteiger partial charge in [-0.25, -0.2) is 53.4 Å². The summed E-state index contributed by atoms with van der Waals surface area (Å²) < 4.78 is 0. The van der Waals surface area contributed by atoms with E-state index >= 15 is 0 Å². The van der Waals surface area contributed by atoms with Gasteiger partial charge in [0, 0.05) is 0 Å². The Morgan fingerprint density at radius 2 is 0.812 bits per heavy atom. The summed E-state index contributed by atoms with van der Waals surface area (Å²) in [6.07, 6.45) is -17.0. The van der Waals surface area contributed by atoms with Crippen LogP contribution >= 0.6 is 0 Å². The number of rotatable bonds is 0. The van der Waals surface area contributed by atoms with Gasteiger partial charge in [0.05, 0.1) is 41.4 Å². The molecule has 0 aliphatic carbocycles. The molecule has 12 unspecified atom stereocenters. The van der Waals surface area contributed by atoms with Crippen LogP contribution in [0, 0.1) is 14.7 Å². The van der Waals surface area contributed by atoms with Gasteiger partial charge >= 0.3 is 66.6 Å². The van der Waals surface area contributed by atoms with Gasteiger partial charge in [-0.3, -0.25) is 64.9 Å². The lowest BCUT2D eigenvalue weighted by atomic mass is 10.3. The molecule has 14 heterocycles. The van der Waals surface area contributed by atoms with Crippen LogP contribution in [0.2, 0.25) is 0 Å². The van der Waals surface area contributed by atoms with Crippen LogP contribution in [-0.2, 0) is 0 Å². The van der Waals surface area contributed by atoms with E-state index < -0.39 is 175 Å². The highest BCUT2D eigenvalue weighted by molar-refractivity contribution is 5.98. The fourth-order valence-electron chi connectivity index (χ4n) is 11.6. The Hall–Kier alpha value is -7.73. The maximum atomic E-state index is 14.7. The van der Waals surface area contributed by atoms with Crippen molar-refractivity contribution >= 4 is 54.3 Å². The molecule has 36 nitrogen and oxygen atoms in total. The summed E-state index contributed by atoms with van der Waals surface area (Å²) in [5.41, 5.74) is 0. The third-order valence-electron chi connectivity index (χ3n) is 14.4. The molecule has 14 aliphatic heterocycles. The molecule has 12 atom stereocenters. The van der Waals surface area contributed by atoms with Crippen LogP contribution in [0.4, 0.5) is 43.2 Å². The first-order valence-electron chi connectivity index (χ1n) is 20.1. The van der Waals surface area contributed by atoms with E-state index in [2.05, 4.69) is 37.2 Å². The molecule has 0 aromatic carbocycles. The number of hydrazine groups is 3. The summed E-state index contributed by atoms with van der Waals surface area (Å²) in [6.45, 7) is -3.55. The Morgan fingerprint density at radius 1 is 0.375 bits per heavy atom. The predicted molar refractivity (Wildman–Crippen MR) is 187 cm³/mol. The fraction of sp³-hybridized carbons (Fsp3) is 0.679. The molecule has 0 spiro atoms. The lowest BCUT2D eigenvalue weighted by Crippen LogP contribution is -2.73. The predicted octanol–water partition coefficient (Wildman–Crippen LogP) is -7.69. The standard InChI is InChI=1S/C28H30N24O12/c53-20-34-11-14-36(20)1-30-9-13-51(63)48-19-17-44(27(48)60)6-42-16-18-39(25(42)58)4-32-10(50(62)47(18)26(59)43(16)7-45(17)28(61)49(19)52(13)64)8-29-2-38-15-12(35-22(55)46(15)21(54)33-8)41(24(38)57)5-40(11)23(56)37(14)3-31-9/h8-19,29-32H,1-7H2/p+3. The molecule has 0 aromatic heterocycles. The smallest absolute Gasteiger partial charge is 0.314 e. The van der Waals surface area contributed by atoms with Crippen molar-refractivity contribution in [2.75, 3.05) is 46.7 Å². The minimum atomic E-state index is -2.01. The Balaban J connectivity index is 0.913. The van der Waals surface area contributed by atoms with Crippen molar-refractivity contribution in [2.45, 2.75) is 74.0 Å². The van der Waals surface area contributed by atoms with Crippen molar-refractivity contribution in [3.63, 3.8) is 0 Å². The monoisotopic (exact) mass is 897 g/mol. The summed E-state index contributed by atoms with van der Waals surface area (Å²) in [7, 11) is 0. The Labute approximate surface area is 353 Å². The third-order valence-corrected chi connectivity index (χ3v) is 14.4. The molecule has 334 valence electrons. The molecule has 18 amide bonds. The number of amides is 18. The second-order valence-corrected chi connectivity index (χ2v) is 17.1. The molecule has 7 N–H and O–H groups in total. The summed E-state index contributed by atoms with van der Waals surface area (Å²) in [6, 6.07) is -8.02. The second-order valence-electron chi connectivity index (χ2n) is 17.1. The summed E-state index contributed by atoms with van der Waals surface area (Å²) in [5.74, 6) is 0. The van der Waals surface area contributed by atoms with E-state index in [0.717, 1.165) is 44.1 Å². The first-order chi connectivity index (χ1) is 30.8. The van der Waals surface area contributed by atoms with Gasteiger partial charge in [0.1, 0.15) is 32.3 Å². The van der Waals surface area contributed by atoms with Crippen LogP contribution in [0.5, 0.6) is 0 Å². The number of carbonyl (C=O) groups is 9. The highest BCUT2D eigenvalue weighted by Gasteiger charge is 2.81. The van der Waals surface area contributed by atoms with Crippen LogP contribution in [0.25, 0.3) is 0 Å². The topological polar surface area (TPSA) is 343 Å². The average molecular weight is 898 g/mol. The fourth-order valence-corrected chi connectivity index (χ4v) is 11.6. The molecule has 36 heteroatoms. The number of nitrogens with zero attached hydrogens (tertiary/aromatic N) is 17. The molecule has 14 aliphatic rings. The normalized spacial score (nSPS) is 40.1. The van der Waals surface area contributed by atoms with E-state index in [-0.39, 0.29) is 14.6 Å². The van der Waals surface area contributed by atoms with Crippen molar-refractivity contribution in [1.29, 1.82) is 0 Å². The molecule has 14 saturated heterocycles. The van der Waals surface area contributed by atoms with Gasteiger partial charge < -0.3 is 16.0 Å². The number of nitrogens with one attached hydrogen (secondary N) is 7. The highest BCUT2D eigenvalue weighted by atomic mass is 16.4. The van der Waals surface area contributed by atoms with Crippen molar-refractivity contribution in [1.82, 2.24) is 106 Å². The van der Waals surface area contributed by atoms with Crippen molar-refractivity contribution in [3.8, 4) is 0 Å². The highest BCUT2D eigenvalue weighted by Crippen LogP contribution is 2.45. The van der Waals surface area contributed by atoms with Gasteiger partial charge in [0.25, 0.3) is 6.17 Å². The molecular formula is C28H33N24O12+3. The third kappa shape index (κ3) is 3.84.